The molecule has 18 nitrogen and oxygen atoms in total. The van der Waals surface area contributed by atoms with Crippen LogP contribution in [0.15, 0.2) is 12.1 Å². The maximum absolute atomic E-state index is 13.5. The first kappa shape index (κ1) is 43.0. The molecule has 1 radical (unpaired) electrons. The maximum Gasteiger partial charge on any atom is 3.00 e. The third-order valence-corrected chi connectivity index (χ3v) is 7.44. The average molecular weight is 1010 g/mol. The zero-order valence-electron chi connectivity index (χ0n) is 23.1. The summed E-state index contributed by atoms with van der Waals surface area (Å²) in [5, 5.41) is 68.4. The molecule has 0 saturated heterocycles. The van der Waals surface area contributed by atoms with Crippen LogP contribution in [-0.4, -0.2) is 157 Å². The first-order chi connectivity index (χ1) is 20.4. The Morgan fingerprint density at radius 1 is 0.689 bits per heavy atom. The van der Waals surface area contributed by atoms with E-state index in [4.69, 9.17) is 10.2 Å². The summed E-state index contributed by atoms with van der Waals surface area (Å²) in [6.07, 6.45) is -0.296. The number of hydrogen-bond acceptors (Lipinski definition) is 11. The van der Waals surface area contributed by atoms with Crippen molar-refractivity contribution in [2.24, 2.45) is 0 Å². The molecule has 249 valence electrons. The Morgan fingerprint density at radius 2 is 1.09 bits per heavy atom. The third-order valence-electron chi connectivity index (χ3n) is 5.79. The Morgan fingerprint density at radius 3 is 1.49 bits per heavy atom. The molecule has 1 rings (SSSR count). The summed E-state index contributed by atoms with van der Waals surface area (Å²) in [6.45, 7) is -5.62. The minimum absolute atomic E-state index is 0. The largest absolute Gasteiger partial charge is 3.00 e. The van der Waals surface area contributed by atoms with Crippen molar-refractivity contribution in [3.63, 3.8) is 0 Å². The van der Waals surface area contributed by atoms with Crippen LogP contribution in [0.2, 0.25) is 0 Å². The molecular formula is C24H30GdI2N4O14+3. The van der Waals surface area contributed by atoms with E-state index in [0.29, 0.717) is 17.6 Å². The number of aromatic hydroxyl groups is 1. The van der Waals surface area contributed by atoms with Crippen molar-refractivity contribution in [3.05, 3.63) is 24.8 Å². The van der Waals surface area contributed by atoms with Gasteiger partial charge in [-0.1, -0.05) is 0 Å². The van der Waals surface area contributed by atoms with Crippen molar-refractivity contribution in [2.45, 2.75) is 18.5 Å². The summed E-state index contributed by atoms with van der Waals surface area (Å²) < 4.78 is 0.798. The Kier molecular flexibility index (Phi) is 20.0. The molecule has 0 aliphatic heterocycles. The van der Waals surface area contributed by atoms with Crippen LogP contribution < -0.4 is 5.32 Å². The van der Waals surface area contributed by atoms with Crippen LogP contribution in [0.3, 0.4) is 0 Å². The maximum atomic E-state index is 13.5. The zero-order valence-corrected chi connectivity index (χ0v) is 29.7. The van der Waals surface area contributed by atoms with Crippen molar-refractivity contribution >= 4 is 86.9 Å². The van der Waals surface area contributed by atoms with Gasteiger partial charge >= 0.3 is 75.8 Å². The fraction of sp³-hybridized carbons (Fsp3) is 0.458. The van der Waals surface area contributed by atoms with Crippen LogP contribution in [0.1, 0.15) is 5.56 Å². The van der Waals surface area contributed by atoms with Crippen molar-refractivity contribution < 1.29 is 109 Å². The minimum atomic E-state index is -1.74. The van der Waals surface area contributed by atoms with Crippen molar-refractivity contribution in [1.29, 1.82) is 0 Å². The van der Waals surface area contributed by atoms with Crippen LogP contribution in [-0.2, 0) is 40.0 Å². The minimum Gasteiger partial charge on any atom is -0.506 e. The Bertz CT molecular complexity index is 1220. The predicted octanol–water partition coefficient (Wildman–Crippen LogP) is -1.59. The van der Waals surface area contributed by atoms with Gasteiger partial charge in [0.2, 0.25) is 5.91 Å². The second-order valence-corrected chi connectivity index (χ2v) is 11.7. The second-order valence-electron chi connectivity index (χ2n) is 9.35. The number of hydrogen-bond donors (Lipinski definition) is 8. The molecular weight excluding hydrogens is 979 g/mol. The van der Waals surface area contributed by atoms with Gasteiger partial charge in [0, 0.05) is 26.1 Å². The van der Waals surface area contributed by atoms with Gasteiger partial charge in [-0.2, -0.15) is 0 Å². The molecule has 0 aliphatic rings. The topological polar surface area (TPSA) is 283 Å². The molecule has 0 aromatic heterocycles. The van der Waals surface area contributed by atoms with Crippen LogP contribution in [0.25, 0.3) is 0 Å². The third kappa shape index (κ3) is 16.9. The number of carboxylic acid groups (broad SMARTS) is 6. The van der Waals surface area contributed by atoms with E-state index in [2.05, 4.69) is 5.32 Å². The van der Waals surface area contributed by atoms with Gasteiger partial charge < -0.3 is 41.1 Å². The van der Waals surface area contributed by atoms with Gasteiger partial charge in [0.05, 0.1) is 39.9 Å². The molecule has 0 spiro atoms. The molecule has 45 heavy (non-hydrogen) atoms. The molecule has 2 atom stereocenters. The zero-order chi connectivity index (χ0) is 33.7. The smallest absolute Gasteiger partial charge is 0.506 e. The molecule has 8 N–H and O–H groups in total. The summed E-state index contributed by atoms with van der Waals surface area (Å²) in [5.41, 5.74) is 0.401. The molecule has 21 heteroatoms. The molecule has 0 heterocycles. The van der Waals surface area contributed by atoms with Crippen LogP contribution in [0.4, 0.5) is 0 Å². The molecule has 1 aromatic rings. The summed E-state index contributed by atoms with van der Waals surface area (Å²) >= 11 is 3.65. The molecule has 0 saturated carbocycles. The Hall–Kier alpha value is -2.03. The van der Waals surface area contributed by atoms with Crippen molar-refractivity contribution in [2.75, 3.05) is 52.4 Å². The number of carbonyl (C=O) groups is 7. The number of halogens is 2. The molecule has 0 aliphatic carbocycles. The Balaban J connectivity index is 0.0000194. The first-order valence-corrected chi connectivity index (χ1v) is 14.5. The number of aliphatic carboxylic acids is 6. The summed E-state index contributed by atoms with van der Waals surface area (Å²) in [6, 6.07) is -0.399. The predicted molar refractivity (Wildman–Crippen MR) is 163 cm³/mol. The van der Waals surface area contributed by atoms with Gasteiger partial charge in [0.1, 0.15) is 17.8 Å². The van der Waals surface area contributed by atoms with Crippen LogP contribution in [0.5, 0.6) is 5.75 Å². The molecule has 0 bridgehead atoms. The fourth-order valence-electron chi connectivity index (χ4n) is 3.98. The number of nitrogens with zero attached hydrogens (tertiary/aromatic N) is 3. The Labute approximate surface area is 314 Å². The number of carbonyl (C=O) groups excluding carboxylic acids is 1. The van der Waals surface area contributed by atoms with E-state index < -0.39 is 93.1 Å². The van der Waals surface area contributed by atoms with Crippen molar-refractivity contribution in [3.8, 4) is 5.75 Å². The summed E-state index contributed by atoms with van der Waals surface area (Å²) in [7, 11) is 0. The van der Waals surface area contributed by atoms with Gasteiger partial charge in [0.25, 0.3) is 0 Å². The fourth-order valence-corrected chi connectivity index (χ4v) is 5.87. The van der Waals surface area contributed by atoms with Gasteiger partial charge in [-0.15, -0.1) is 0 Å². The van der Waals surface area contributed by atoms with E-state index in [-0.39, 0.29) is 65.2 Å². The molecule has 0 fully saturated rings. The van der Waals surface area contributed by atoms with E-state index in [1.165, 1.54) is 12.1 Å². The van der Waals surface area contributed by atoms with Crippen LogP contribution >= 0.6 is 45.2 Å². The molecule has 1 amide bonds. The molecule has 1 unspecified atom stereocenters. The average Bonchev–Trinajstić information content (AvgIpc) is 2.86. The molecule has 1 aromatic carbocycles. The summed E-state index contributed by atoms with van der Waals surface area (Å²) in [5.74, 6) is -9.97. The number of amides is 1. The van der Waals surface area contributed by atoms with E-state index >= 15 is 0 Å². The quantitative estimate of drug-likeness (QED) is 0.0645. The SMILES string of the molecule is O=C(O)CN(CCN(CC(=O)O)CC(C(=O)N[C@@H](Cc1cc(I)c(O)c(I)c1)C(=O)O)N(CC(=O)O)CC(=O)O)CC(=O)O.[Gd+3]. The number of phenolic OH excluding ortho intramolecular Hbond substituents is 1. The van der Waals surface area contributed by atoms with Gasteiger partial charge in [-0.05, 0) is 62.9 Å². The van der Waals surface area contributed by atoms with Gasteiger partial charge in [-0.25, -0.2) is 4.79 Å². The van der Waals surface area contributed by atoms with Gasteiger partial charge in [-0.3, -0.25) is 43.5 Å². The van der Waals surface area contributed by atoms with Crippen LogP contribution in [0, 0.1) is 47.1 Å². The van der Waals surface area contributed by atoms with Gasteiger partial charge in [0.15, 0.2) is 0 Å². The van der Waals surface area contributed by atoms with E-state index in [0.717, 1.165) is 9.80 Å². The number of nitrogens with one attached hydrogen (secondary N) is 1. The van der Waals surface area contributed by atoms with Crippen molar-refractivity contribution in [1.82, 2.24) is 20.0 Å². The van der Waals surface area contributed by atoms with E-state index in [1.807, 2.05) is 45.2 Å². The number of rotatable bonds is 21. The first-order valence-electron chi connectivity index (χ1n) is 12.4. The number of phenols is 1. The number of carboxylic acids is 6. The summed E-state index contributed by atoms with van der Waals surface area (Å²) in [4.78, 5) is 85.3. The van der Waals surface area contributed by atoms with E-state index in [9.17, 15) is 59.1 Å². The normalized spacial score (nSPS) is 12.3. The monoisotopic (exact) mass is 1010 g/mol. The van der Waals surface area contributed by atoms with E-state index in [1.54, 1.807) is 0 Å². The second kappa shape index (κ2) is 21.0. The standard InChI is InChI=1S/C24H30I2N4O14.Gd/c25-13-3-12(4-14(26)22(13)41)5-15(24(43)44)27-23(42)16(30(10-20(37)38)11-21(39)40)6-28(7-17(31)32)1-2-29(8-18(33)34)9-19(35)36;/h3-4,15-16,41H,1-2,5-11H2,(H,27,42)(H,31,32)(H,33,34)(H,35,36)(H,37,38)(H,39,40)(H,43,44);/q;+3/t15-,16?;/m0./s1. The number of benzene rings is 1.